The van der Waals surface area contributed by atoms with Gasteiger partial charge in [0.25, 0.3) is 5.91 Å². The number of carbonyl (C=O) groups excluding carboxylic acids is 3. The van der Waals surface area contributed by atoms with E-state index in [1.165, 1.54) is 25.2 Å². The van der Waals surface area contributed by atoms with E-state index in [2.05, 4.69) is 0 Å². The Kier molecular flexibility index (Phi) is 8.98. The predicted octanol–water partition coefficient (Wildman–Crippen LogP) is 4.86. The Morgan fingerprint density at radius 2 is 1.42 bits per heavy atom. The minimum atomic E-state index is -0.641. The molecule has 2 aromatic carbocycles. The van der Waals surface area contributed by atoms with Gasteiger partial charge < -0.3 is 9.47 Å². The van der Waals surface area contributed by atoms with Crippen molar-refractivity contribution < 1.29 is 23.9 Å². The zero-order valence-electron chi connectivity index (χ0n) is 17.7. The van der Waals surface area contributed by atoms with Gasteiger partial charge in [0.15, 0.2) is 0 Å². The summed E-state index contributed by atoms with van der Waals surface area (Å²) in [6.07, 6.45) is 6.29. The highest BCUT2D eigenvalue weighted by Crippen LogP contribution is 2.25. The Balaban J connectivity index is 2.06. The van der Waals surface area contributed by atoms with E-state index in [-0.39, 0.29) is 11.7 Å². The topological polar surface area (TPSA) is 72.9 Å². The third-order valence-corrected chi connectivity index (χ3v) is 3.99. The molecule has 1 atom stereocenters. The quantitative estimate of drug-likeness (QED) is 0.264. The highest BCUT2D eigenvalue weighted by atomic mass is 16.5. The number of hydrogen-bond donors (Lipinski definition) is 0. The normalized spacial score (nSPS) is 12.5. The first-order valence-corrected chi connectivity index (χ1v) is 9.76. The van der Waals surface area contributed by atoms with Gasteiger partial charge in [0.05, 0.1) is 0 Å². The lowest BCUT2D eigenvalue weighted by atomic mass is 10.2. The maximum Gasteiger partial charge on any atom is 0.331 e. The van der Waals surface area contributed by atoms with Crippen molar-refractivity contribution in [2.45, 2.75) is 26.9 Å². The van der Waals surface area contributed by atoms with E-state index in [0.717, 1.165) is 17.5 Å². The van der Waals surface area contributed by atoms with E-state index < -0.39 is 18.0 Å². The number of carbonyl (C=O) groups is 3. The predicted molar refractivity (Wildman–Crippen MR) is 119 cm³/mol. The largest absolute Gasteiger partial charge is 0.455 e. The molecule has 1 unspecified atom stereocenters. The summed E-state index contributed by atoms with van der Waals surface area (Å²) in [7, 11) is 0. The van der Waals surface area contributed by atoms with Gasteiger partial charge in [-0.15, -0.1) is 0 Å². The molecular formula is C25H25NO5. The molecule has 0 aliphatic rings. The molecule has 0 saturated carbocycles. The number of hydrogen-bond acceptors (Lipinski definition) is 5. The van der Waals surface area contributed by atoms with E-state index in [1.807, 2.05) is 60.7 Å². The van der Waals surface area contributed by atoms with Crippen LogP contribution in [0.4, 0.5) is 11.4 Å². The lowest BCUT2D eigenvalue weighted by Gasteiger charge is -2.21. The monoisotopic (exact) mass is 419 g/mol. The SMILES string of the molecule is CC=C(C=CC(=O)OC(C)C=CC(=O)N(c1ccccc1)c1ccccc1)OC(C)=O. The Morgan fingerprint density at radius 1 is 0.871 bits per heavy atom. The molecule has 6 heteroatoms. The van der Waals surface area contributed by atoms with Gasteiger partial charge in [0.1, 0.15) is 11.9 Å². The van der Waals surface area contributed by atoms with Crippen LogP contribution in [-0.4, -0.2) is 23.9 Å². The second kappa shape index (κ2) is 11.9. The first-order chi connectivity index (χ1) is 14.9. The summed E-state index contributed by atoms with van der Waals surface area (Å²) in [4.78, 5) is 37.5. The van der Waals surface area contributed by atoms with Crippen molar-refractivity contribution in [3.8, 4) is 0 Å². The first kappa shape index (κ1) is 23.3. The van der Waals surface area contributed by atoms with E-state index >= 15 is 0 Å². The summed E-state index contributed by atoms with van der Waals surface area (Å²) in [6, 6.07) is 18.5. The van der Waals surface area contributed by atoms with Crippen molar-refractivity contribution in [2.24, 2.45) is 0 Å². The highest BCUT2D eigenvalue weighted by Gasteiger charge is 2.15. The Labute approximate surface area is 182 Å². The molecule has 0 saturated heterocycles. The summed E-state index contributed by atoms with van der Waals surface area (Å²) in [5, 5.41) is 0. The summed E-state index contributed by atoms with van der Waals surface area (Å²) in [5.74, 6) is -1.15. The van der Waals surface area contributed by atoms with Crippen LogP contribution in [-0.2, 0) is 23.9 Å². The van der Waals surface area contributed by atoms with E-state index in [1.54, 1.807) is 24.8 Å². The van der Waals surface area contributed by atoms with Crippen molar-refractivity contribution in [2.75, 3.05) is 4.90 Å². The molecule has 0 radical (unpaired) electrons. The van der Waals surface area contributed by atoms with Crippen LogP contribution >= 0.6 is 0 Å². The van der Waals surface area contributed by atoms with Crippen LogP contribution in [0.5, 0.6) is 0 Å². The fourth-order valence-corrected chi connectivity index (χ4v) is 2.62. The van der Waals surface area contributed by atoms with Crippen LogP contribution < -0.4 is 4.90 Å². The zero-order chi connectivity index (χ0) is 22.6. The van der Waals surface area contributed by atoms with Crippen LogP contribution in [0.3, 0.4) is 0 Å². The minimum Gasteiger partial charge on any atom is -0.455 e. The van der Waals surface area contributed by atoms with E-state index in [9.17, 15) is 14.4 Å². The van der Waals surface area contributed by atoms with Gasteiger partial charge >= 0.3 is 11.9 Å². The van der Waals surface area contributed by atoms with Crippen molar-refractivity contribution in [3.63, 3.8) is 0 Å². The van der Waals surface area contributed by atoms with Crippen LogP contribution in [0.1, 0.15) is 20.8 Å². The lowest BCUT2D eigenvalue weighted by molar-refractivity contribution is -0.140. The molecule has 0 aliphatic heterocycles. The highest BCUT2D eigenvalue weighted by molar-refractivity contribution is 6.07. The van der Waals surface area contributed by atoms with Gasteiger partial charge in [0, 0.05) is 30.5 Å². The molecule has 0 aromatic heterocycles. The summed E-state index contributed by atoms with van der Waals surface area (Å²) in [5.41, 5.74) is 1.44. The fraction of sp³-hybridized carbons (Fsp3) is 0.160. The molecule has 0 fully saturated rings. The average Bonchev–Trinajstić information content (AvgIpc) is 2.76. The van der Waals surface area contributed by atoms with Gasteiger partial charge in [-0.25, -0.2) is 4.79 Å². The molecule has 6 nitrogen and oxygen atoms in total. The molecule has 0 heterocycles. The number of esters is 2. The van der Waals surface area contributed by atoms with Crippen LogP contribution in [0.2, 0.25) is 0 Å². The van der Waals surface area contributed by atoms with E-state index in [0.29, 0.717) is 0 Å². The number of anilines is 2. The van der Waals surface area contributed by atoms with Gasteiger partial charge in [-0.1, -0.05) is 36.4 Å². The van der Waals surface area contributed by atoms with Crippen molar-refractivity contribution in [1.29, 1.82) is 0 Å². The van der Waals surface area contributed by atoms with Gasteiger partial charge in [0.2, 0.25) is 0 Å². The Hall–Kier alpha value is -3.93. The molecule has 0 spiro atoms. The molecule has 0 N–H and O–H groups in total. The average molecular weight is 419 g/mol. The lowest BCUT2D eigenvalue weighted by Crippen LogP contribution is -2.24. The summed E-state index contributed by atoms with van der Waals surface area (Å²) >= 11 is 0. The second-order valence-electron chi connectivity index (χ2n) is 6.46. The standard InChI is InChI=1S/C25H25NO5/c1-4-23(31-20(3)27)16-18-25(29)30-19(2)15-17-24(28)26(21-11-7-5-8-12-21)22-13-9-6-10-14-22/h4-19H,1-3H3. The second-order valence-corrected chi connectivity index (χ2v) is 6.46. The number of benzene rings is 2. The Bertz CT molecular complexity index is 938. The molecule has 160 valence electrons. The van der Waals surface area contributed by atoms with Crippen molar-refractivity contribution in [3.05, 3.63) is 96.8 Å². The van der Waals surface area contributed by atoms with Crippen LogP contribution in [0, 0.1) is 0 Å². The van der Waals surface area contributed by atoms with Crippen LogP contribution in [0.15, 0.2) is 96.8 Å². The number of para-hydroxylation sites is 2. The molecule has 0 bridgehead atoms. The number of rotatable bonds is 8. The molecule has 2 aromatic rings. The molecule has 1 amide bonds. The van der Waals surface area contributed by atoms with Gasteiger partial charge in [-0.2, -0.15) is 0 Å². The number of amides is 1. The maximum absolute atomic E-state index is 12.9. The number of ether oxygens (including phenoxy) is 2. The molecule has 2 rings (SSSR count). The number of nitrogens with zero attached hydrogens (tertiary/aromatic N) is 1. The first-order valence-electron chi connectivity index (χ1n) is 9.76. The van der Waals surface area contributed by atoms with Crippen LogP contribution in [0.25, 0.3) is 0 Å². The third kappa shape index (κ3) is 7.78. The molecule has 31 heavy (non-hydrogen) atoms. The third-order valence-electron chi connectivity index (χ3n) is 3.99. The van der Waals surface area contributed by atoms with Gasteiger partial charge in [-0.05, 0) is 56.3 Å². The summed E-state index contributed by atoms with van der Waals surface area (Å²) < 4.78 is 10.1. The molecular weight excluding hydrogens is 394 g/mol. The minimum absolute atomic E-state index is 0.240. The number of allylic oxidation sites excluding steroid dienone is 2. The van der Waals surface area contributed by atoms with E-state index in [4.69, 9.17) is 9.47 Å². The summed E-state index contributed by atoms with van der Waals surface area (Å²) in [6.45, 7) is 4.59. The molecule has 0 aliphatic carbocycles. The zero-order valence-corrected chi connectivity index (χ0v) is 17.7. The smallest absolute Gasteiger partial charge is 0.331 e. The maximum atomic E-state index is 12.9. The van der Waals surface area contributed by atoms with Gasteiger partial charge in [-0.3, -0.25) is 14.5 Å². The Morgan fingerprint density at radius 3 is 1.90 bits per heavy atom. The van der Waals surface area contributed by atoms with Crippen molar-refractivity contribution in [1.82, 2.24) is 0 Å². The van der Waals surface area contributed by atoms with Crippen molar-refractivity contribution >= 4 is 29.2 Å². The fourth-order valence-electron chi connectivity index (χ4n) is 2.62.